The number of hydrogen-bond donors (Lipinski definition) is 2. The van der Waals surface area contributed by atoms with Crippen molar-refractivity contribution in [3.8, 4) is 22.9 Å². The molecule has 9 nitrogen and oxygen atoms in total. The van der Waals surface area contributed by atoms with Crippen LogP contribution < -0.4 is 20.3 Å². The smallest absolute Gasteiger partial charge is 0.258 e. The highest BCUT2D eigenvalue weighted by molar-refractivity contribution is 6.31. The minimum absolute atomic E-state index is 0.177. The molecule has 4 aromatic rings. The Labute approximate surface area is 237 Å². The average molecular weight is 562 g/mol. The van der Waals surface area contributed by atoms with Gasteiger partial charge in [0.15, 0.2) is 0 Å². The highest BCUT2D eigenvalue weighted by atomic mass is 35.5. The molecule has 0 spiro atoms. The molecule has 11 heteroatoms. The first-order valence-electron chi connectivity index (χ1n) is 12.8. The number of carbonyl (C=O) groups is 1. The minimum Gasteiger partial charge on any atom is -0.438 e. The number of nitrogens with one attached hydrogen (secondary N) is 2. The van der Waals surface area contributed by atoms with Gasteiger partial charge >= 0.3 is 0 Å². The van der Waals surface area contributed by atoms with Crippen molar-refractivity contribution in [2.75, 3.05) is 49.8 Å². The van der Waals surface area contributed by atoms with Gasteiger partial charge in [-0.25, -0.2) is 19.3 Å². The molecule has 0 aliphatic carbocycles. The number of likely N-dealkylation sites (N-methyl/N-ethyl adjacent to an activating group) is 2. The summed E-state index contributed by atoms with van der Waals surface area (Å²) in [6.07, 6.45) is 4.20. The molecule has 3 heterocycles. The van der Waals surface area contributed by atoms with Crippen molar-refractivity contribution in [2.24, 2.45) is 0 Å². The summed E-state index contributed by atoms with van der Waals surface area (Å²) in [4.78, 5) is 30.6. The molecule has 0 bridgehead atoms. The summed E-state index contributed by atoms with van der Waals surface area (Å²) in [6.45, 7) is 1.90. The molecule has 1 aliphatic heterocycles. The van der Waals surface area contributed by atoms with Gasteiger partial charge in [-0.3, -0.25) is 4.79 Å². The predicted octanol–water partition coefficient (Wildman–Crippen LogP) is 5.56. The third-order valence-electron chi connectivity index (χ3n) is 6.82. The summed E-state index contributed by atoms with van der Waals surface area (Å²) in [5.74, 6) is -0.374. The second-order valence-corrected chi connectivity index (χ2v) is 9.98. The number of carbonyl (C=O) groups excluding carboxylic acids is 1. The topological polar surface area (TPSA) is 95.5 Å². The molecule has 2 aromatic carbocycles. The number of aromatic nitrogens is 3. The number of benzene rings is 2. The first kappa shape index (κ1) is 27.3. The number of hydrogen-bond acceptors (Lipinski definition) is 8. The number of amides is 1. The summed E-state index contributed by atoms with van der Waals surface area (Å²) in [5.41, 5.74) is 2.32. The van der Waals surface area contributed by atoms with Crippen LogP contribution in [-0.4, -0.2) is 66.0 Å². The molecule has 5 rings (SSSR count). The van der Waals surface area contributed by atoms with Gasteiger partial charge in [0.1, 0.15) is 11.6 Å². The molecule has 1 fully saturated rings. The van der Waals surface area contributed by atoms with E-state index in [1.165, 1.54) is 18.2 Å². The Morgan fingerprint density at radius 3 is 2.77 bits per heavy atom. The summed E-state index contributed by atoms with van der Waals surface area (Å²) >= 11 is 6.27. The minimum atomic E-state index is -0.685. The van der Waals surface area contributed by atoms with E-state index in [2.05, 4.69) is 42.4 Å². The van der Waals surface area contributed by atoms with Crippen molar-refractivity contribution in [1.82, 2.24) is 19.9 Å². The van der Waals surface area contributed by atoms with E-state index >= 15 is 0 Å². The SMILES string of the molecule is CNc1nccc(-c2cccnc2Oc2ccc(F)c(C(=O)Nc3cc(Cl)ccc3N(C)[C@H]3CCN(C)C3)c2)n1. The van der Waals surface area contributed by atoms with Crippen LogP contribution in [0.25, 0.3) is 11.3 Å². The second-order valence-electron chi connectivity index (χ2n) is 9.55. The number of halogens is 2. The summed E-state index contributed by atoms with van der Waals surface area (Å²) < 4.78 is 20.9. The molecule has 0 radical (unpaired) electrons. The average Bonchev–Trinajstić information content (AvgIpc) is 3.40. The van der Waals surface area contributed by atoms with Crippen LogP contribution in [0, 0.1) is 5.82 Å². The lowest BCUT2D eigenvalue weighted by molar-refractivity contribution is 0.102. The van der Waals surface area contributed by atoms with Crippen molar-refractivity contribution in [2.45, 2.75) is 12.5 Å². The van der Waals surface area contributed by atoms with Crippen LogP contribution in [0.15, 0.2) is 67.0 Å². The first-order chi connectivity index (χ1) is 19.3. The lowest BCUT2D eigenvalue weighted by Gasteiger charge is -2.29. The van der Waals surface area contributed by atoms with Gasteiger partial charge in [-0.2, -0.15) is 0 Å². The molecule has 0 unspecified atom stereocenters. The highest BCUT2D eigenvalue weighted by Gasteiger charge is 2.26. The summed E-state index contributed by atoms with van der Waals surface area (Å²) in [7, 11) is 5.79. The van der Waals surface area contributed by atoms with E-state index in [0.717, 1.165) is 25.2 Å². The quantitative estimate of drug-likeness (QED) is 0.289. The monoisotopic (exact) mass is 561 g/mol. The standard InChI is InChI=1S/C29H29ClFN7O2/c1-32-29-34-13-10-24(36-29)21-5-4-12-33-28(21)40-20-7-8-23(31)22(16-20)27(39)35-25-15-18(30)6-9-26(25)38(3)19-11-14-37(2)17-19/h4-10,12-13,15-16,19H,11,14,17H2,1-3H3,(H,35,39)(H,32,34,36)/t19-/m0/s1. The zero-order chi connectivity index (χ0) is 28.2. The zero-order valence-electron chi connectivity index (χ0n) is 22.4. The lowest BCUT2D eigenvalue weighted by Crippen LogP contribution is -2.34. The Bertz CT molecular complexity index is 1540. The molecule has 1 aliphatic rings. The molecule has 2 aromatic heterocycles. The van der Waals surface area contributed by atoms with Gasteiger partial charge in [-0.1, -0.05) is 11.6 Å². The normalized spacial score (nSPS) is 15.1. The Balaban J connectivity index is 1.40. The van der Waals surface area contributed by atoms with Crippen molar-refractivity contribution >= 4 is 34.8 Å². The van der Waals surface area contributed by atoms with Crippen molar-refractivity contribution in [1.29, 1.82) is 0 Å². The van der Waals surface area contributed by atoms with E-state index in [1.807, 2.05) is 13.1 Å². The van der Waals surface area contributed by atoms with Crippen LogP contribution in [0.5, 0.6) is 11.6 Å². The number of nitrogens with zero attached hydrogens (tertiary/aromatic N) is 5. The Morgan fingerprint density at radius 2 is 2.00 bits per heavy atom. The van der Waals surface area contributed by atoms with Crippen molar-refractivity contribution in [3.63, 3.8) is 0 Å². The van der Waals surface area contributed by atoms with Crippen LogP contribution in [0.2, 0.25) is 5.02 Å². The molecule has 1 atom stereocenters. The molecule has 0 saturated carbocycles. The third kappa shape index (κ3) is 5.98. The molecule has 1 saturated heterocycles. The van der Waals surface area contributed by atoms with Gasteiger partial charge in [0.2, 0.25) is 11.8 Å². The number of anilines is 3. The van der Waals surface area contributed by atoms with Crippen molar-refractivity contribution in [3.05, 3.63) is 83.4 Å². The Morgan fingerprint density at radius 1 is 1.15 bits per heavy atom. The highest BCUT2D eigenvalue weighted by Crippen LogP contribution is 2.34. The lowest BCUT2D eigenvalue weighted by atomic mass is 10.1. The maximum absolute atomic E-state index is 14.9. The zero-order valence-corrected chi connectivity index (χ0v) is 23.1. The maximum atomic E-state index is 14.9. The van der Waals surface area contributed by atoms with Gasteiger partial charge < -0.3 is 25.2 Å². The molecule has 40 heavy (non-hydrogen) atoms. The number of ether oxygens (including phenoxy) is 1. The number of likely N-dealkylation sites (tertiary alicyclic amines) is 1. The third-order valence-corrected chi connectivity index (χ3v) is 7.06. The second kappa shape index (κ2) is 11.8. The molecule has 2 N–H and O–H groups in total. The largest absolute Gasteiger partial charge is 0.438 e. The maximum Gasteiger partial charge on any atom is 0.258 e. The fourth-order valence-corrected chi connectivity index (χ4v) is 4.85. The van der Waals surface area contributed by atoms with Crippen molar-refractivity contribution < 1.29 is 13.9 Å². The number of pyridine rings is 1. The van der Waals surface area contributed by atoms with E-state index < -0.39 is 11.7 Å². The molecular formula is C29H29ClFN7O2. The Hall–Kier alpha value is -4.28. The first-order valence-corrected chi connectivity index (χ1v) is 13.2. The van der Waals surface area contributed by atoms with Gasteiger partial charge in [0, 0.05) is 44.1 Å². The Kier molecular flexibility index (Phi) is 8.09. The van der Waals surface area contributed by atoms with Gasteiger partial charge in [-0.05, 0) is 74.6 Å². The van der Waals surface area contributed by atoms with Crippen LogP contribution in [0.1, 0.15) is 16.8 Å². The fourth-order valence-electron chi connectivity index (χ4n) is 4.68. The fraction of sp³-hybridized carbons (Fsp3) is 0.241. The van der Waals surface area contributed by atoms with Crippen LogP contribution in [0.4, 0.5) is 21.7 Å². The molecular weight excluding hydrogens is 533 g/mol. The summed E-state index contributed by atoms with van der Waals surface area (Å²) in [5, 5.41) is 6.21. The van der Waals surface area contributed by atoms with Crippen LogP contribution in [-0.2, 0) is 0 Å². The van der Waals surface area contributed by atoms with Gasteiger partial charge in [-0.15, -0.1) is 0 Å². The predicted molar refractivity (Wildman–Crippen MR) is 155 cm³/mol. The summed E-state index contributed by atoms with van der Waals surface area (Å²) in [6, 6.07) is 14.9. The molecule has 206 valence electrons. The van der Waals surface area contributed by atoms with E-state index in [-0.39, 0.29) is 23.2 Å². The van der Waals surface area contributed by atoms with E-state index in [4.69, 9.17) is 16.3 Å². The van der Waals surface area contributed by atoms with E-state index in [0.29, 0.717) is 27.9 Å². The van der Waals surface area contributed by atoms with E-state index in [1.54, 1.807) is 49.8 Å². The van der Waals surface area contributed by atoms with Crippen LogP contribution >= 0.6 is 11.6 Å². The van der Waals surface area contributed by atoms with E-state index in [9.17, 15) is 9.18 Å². The van der Waals surface area contributed by atoms with Gasteiger partial charge in [0.25, 0.3) is 5.91 Å². The number of rotatable bonds is 8. The molecule has 1 amide bonds. The van der Waals surface area contributed by atoms with Gasteiger partial charge in [0.05, 0.1) is 28.2 Å². The van der Waals surface area contributed by atoms with Crippen LogP contribution in [0.3, 0.4) is 0 Å².